The van der Waals surface area contributed by atoms with Gasteiger partial charge in [-0.05, 0) is 45.1 Å². The van der Waals surface area contributed by atoms with Gasteiger partial charge in [-0.3, -0.25) is 4.79 Å². The summed E-state index contributed by atoms with van der Waals surface area (Å²) in [6, 6.07) is 0. The lowest BCUT2D eigenvalue weighted by atomic mass is 9.95. The van der Waals surface area contributed by atoms with Crippen LogP contribution in [-0.2, 0) is 22.4 Å². The molecule has 1 aliphatic carbocycles. The number of carbonyl (C=O) groups excluding carboxylic acids is 2. The minimum absolute atomic E-state index is 0.220. The Balaban J connectivity index is 1.80. The first-order chi connectivity index (χ1) is 12.5. The van der Waals surface area contributed by atoms with Crippen molar-refractivity contribution in [1.29, 1.82) is 0 Å². The standard InChI is InChI=1S/C16H21N5O3S2/c1-3-24-15(23)12-10-6-4-5-7-11(10)26-14(12)19-13(22)9(2)25-16-20-18-8-21(16)17/h8-9H,3-7,17H2,1-2H3,(H,19,22). The van der Waals surface area contributed by atoms with Crippen LogP contribution in [0.3, 0.4) is 0 Å². The van der Waals surface area contributed by atoms with Crippen molar-refractivity contribution in [3.8, 4) is 0 Å². The normalized spacial score (nSPS) is 14.5. The van der Waals surface area contributed by atoms with Crippen LogP contribution in [0.4, 0.5) is 5.00 Å². The first kappa shape index (κ1) is 18.7. The van der Waals surface area contributed by atoms with Gasteiger partial charge in [0.15, 0.2) is 0 Å². The number of nitrogens with zero attached hydrogens (tertiary/aromatic N) is 3. The van der Waals surface area contributed by atoms with Crippen molar-refractivity contribution in [2.24, 2.45) is 0 Å². The Kier molecular flexibility index (Phi) is 5.82. The highest BCUT2D eigenvalue weighted by Gasteiger charge is 2.28. The molecule has 2 aromatic heterocycles. The van der Waals surface area contributed by atoms with Crippen molar-refractivity contribution in [1.82, 2.24) is 14.9 Å². The van der Waals surface area contributed by atoms with E-state index in [0.717, 1.165) is 36.1 Å². The Hall–Kier alpha value is -2.07. The Bertz CT molecular complexity index is 817. The van der Waals surface area contributed by atoms with E-state index in [1.54, 1.807) is 13.8 Å². The molecule has 0 spiro atoms. The van der Waals surface area contributed by atoms with E-state index < -0.39 is 5.25 Å². The number of aryl methyl sites for hydroxylation is 1. The van der Waals surface area contributed by atoms with Crippen LogP contribution in [0.1, 0.15) is 47.5 Å². The number of esters is 1. The van der Waals surface area contributed by atoms with E-state index in [0.29, 0.717) is 22.3 Å². The van der Waals surface area contributed by atoms with Crippen LogP contribution in [0.15, 0.2) is 11.5 Å². The summed E-state index contributed by atoms with van der Waals surface area (Å²) in [5, 5.41) is 11.0. The third kappa shape index (κ3) is 3.85. The van der Waals surface area contributed by atoms with E-state index in [-0.39, 0.29) is 11.9 Å². The molecule has 1 aliphatic rings. The van der Waals surface area contributed by atoms with Gasteiger partial charge in [-0.2, -0.15) is 0 Å². The highest BCUT2D eigenvalue weighted by Crippen LogP contribution is 2.39. The average molecular weight is 396 g/mol. The number of thiophene rings is 1. The number of ether oxygens (including phenoxy) is 1. The van der Waals surface area contributed by atoms with Gasteiger partial charge in [0, 0.05) is 4.88 Å². The summed E-state index contributed by atoms with van der Waals surface area (Å²) >= 11 is 2.68. The van der Waals surface area contributed by atoms with Crippen molar-refractivity contribution in [2.75, 3.05) is 17.8 Å². The van der Waals surface area contributed by atoms with Crippen molar-refractivity contribution in [3.05, 3.63) is 22.3 Å². The van der Waals surface area contributed by atoms with E-state index in [2.05, 4.69) is 15.5 Å². The number of nitrogens with two attached hydrogens (primary N) is 1. The summed E-state index contributed by atoms with van der Waals surface area (Å²) in [5.74, 6) is 5.09. The Labute approximate surface area is 159 Å². The van der Waals surface area contributed by atoms with Crippen LogP contribution in [0, 0.1) is 0 Å². The molecular weight excluding hydrogens is 374 g/mol. The van der Waals surface area contributed by atoms with Crippen LogP contribution in [0.25, 0.3) is 0 Å². The molecule has 2 aromatic rings. The molecule has 0 aliphatic heterocycles. The van der Waals surface area contributed by atoms with Gasteiger partial charge in [0.05, 0.1) is 17.4 Å². The zero-order valence-corrected chi connectivity index (χ0v) is 16.3. The molecule has 1 atom stereocenters. The lowest BCUT2D eigenvalue weighted by Gasteiger charge is -2.13. The number of thioether (sulfide) groups is 1. The zero-order valence-electron chi connectivity index (χ0n) is 14.7. The van der Waals surface area contributed by atoms with Crippen LogP contribution >= 0.6 is 23.1 Å². The largest absolute Gasteiger partial charge is 0.462 e. The Morgan fingerprint density at radius 2 is 2.23 bits per heavy atom. The molecule has 0 saturated carbocycles. The fraction of sp³-hybridized carbons (Fsp3) is 0.500. The number of fused-ring (bicyclic) bond motifs is 1. The Morgan fingerprint density at radius 1 is 1.46 bits per heavy atom. The van der Waals surface area contributed by atoms with E-state index in [1.807, 2.05) is 0 Å². The number of carbonyl (C=O) groups is 2. The molecule has 140 valence electrons. The van der Waals surface area contributed by atoms with Crippen LogP contribution in [0.2, 0.25) is 0 Å². The second kappa shape index (κ2) is 8.09. The zero-order chi connectivity index (χ0) is 18.7. The van der Waals surface area contributed by atoms with Gasteiger partial charge in [-0.1, -0.05) is 11.8 Å². The van der Waals surface area contributed by atoms with Gasteiger partial charge in [0.2, 0.25) is 11.1 Å². The van der Waals surface area contributed by atoms with Crippen molar-refractivity contribution in [3.63, 3.8) is 0 Å². The van der Waals surface area contributed by atoms with Gasteiger partial charge < -0.3 is 15.9 Å². The van der Waals surface area contributed by atoms with Crippen molar-refractivity contribution < 1.29 is 14.3 Å². The summed E-state index contributed by atoms with van der Waals surface area (Å²) in [6.45, 7) is 3.83. The Morgan fingerprint density at radius 3 is 2.92 bits per heavy atom. The number of nitrogens with one attached hydrogen (secondary N) is 1. The fourth-order valence-corrected chi connectivity index (χ4v) is 4.84. The highest BCUT2D eigenvalue weighted by atomic mass is 32.2. The number of amides is 1. The number of nitrogen functional groups attached to an aromatic ring is 1. The van der Waals surface area contributed by atoms with Crippen LogP contribution < -0.4 is 11.2 Å². The second-order valence-electron chi connectivity index (χ2n) is 5.91. The molecule has 0 fully saturated rings. The summed E-state index contributed by atoms with van der Waals surface area (Å²) in [5.41, 5.74) is 1.54. The molecule has 0 bridgehead atoms. The molecule has 1 amide bonds. The van der Waals surface area contributed by atoms with Gasteiger partial charge in [-0.25, -0.2) is 9.47 Å². The molecule has 2 heterocycles. The average Bonchev–Trinajstić information content (AvgIpc) is 3.18. The molecule has 26 heavy (non-hydrogen) atoms. The second-order valence-corrected chi connectivity index (χ2v) is 8.32. The van der Waals surface area contributed by atoms with E-state index in [9.17, 15) is 9.59 Å². The minimum atomic E-state index is -0.448. The third-order valence-electron chi connectivity index (χ3n) is 4.08. The van der Waals surface area contributed by atoms with E-state index >= 15 is 0 Å². The monoisotopic (exact) mass is 395 g/mol. The molecule has 0 radical (unpaired) electrons. The van der Waals surface area contributed by atoms with Gasteiger partial charge in [0.25, 0.3) is 0 Å². The van der Waals surface area contributed by atoms with Crippen LogP contribution in [-0.4, -0.2) is 38.6 Å². The summed E-state index contributed by atoms with van der Waals surface area (Å²) < 4.78 is 6.48. The van der Waals surface area contributed by atoms with Gasteiger partial charge in [-0.15, -0.1) is 21.5 Å². The molecule has 3 rings (SSSR count). The lowest BCUT2D eigenvalue weighted by Crippen LogP contribution is -2.24. The van der Waals surface area contributed by atoms with E-state index in [4.69, 9.17) is 10.6 Å². The van der Waals surface area contributed by atoms with Gasteiger partial charge in [0.1, 0.15) is 11.3 Å². The van der Waals surface area contributed by atoms with Crippen molar-refractivity contribution in [2.45, 2.75) is 49.9 Å². The number of hydrogen-bond acceptors (Lipinski definition) is 8. The fourth-order valence-electron chi connectivity index (χ4n) is 2.81. The lowest BCUT2D eigenvalue weighted by molar-refractivity contribution is -0.115. The van der Waals surface area contributed by atoms with Gasteiger partial charge >= 0.3 is 5.97 Å². The maximum absolute atomic E-state index is 12.6. The topological polar surface area (TPSA) is 112 Å². The quantitative estimate of drug-likeness (QED) is 0.438. The number of rotatable bonds is 6. The molecule has 0 saturated heterocycles. The van der Waals surface area contributed by atoms with Crippen LogP contribution in [0.5, 0.6) is 0 Å². The molecule has 8 nitrogen and oxygen atoms in total. The van der Waals surface area contributed by atoms with Crippen molar-refractivity contribution >= 4 is 40.0 Å². The predicted octanol–water partition coefficient (Wildman–Crippen LogP) is 2.23. The summed E-state index contributed by atoms with van der Waals surface area (Å²) in [6.07, 6.45) is 5.29. The highest BCUT2D eigenvalue weighted by molar-refractivity contribution is 8.00. The first-order valence-electron chi connectivity index (χ1n) is 8.45. The molecule has 1 unspecified atom stereocenters. The molecular formula is C16H21N5O3S2. The van der Waals surface area contributed by atoms with E-state index in [1.165, 1.54) is 34.1 Å². The number of anilines is 1. The number of aromatic nitrogens is 3. The molecule has 0 aromatic carbocycles. The maximum atomic E-state index is 12.6. The molecule has 3 N–H and O–H groups in total. The first-order valence-corrected chi connectivity index (χ1v) is 10.1. The summed E-state index contributed by atoms with van der Waals surface area (Å²) in [7, 11) is 0. The predicted molar refractivity (Wildman–Crippen MR) is 101 cm³/mol. The summed E-state index contributed by atoms with van der Waals surface area (Å²) in [4.78, 5) is 26.2. The number of hydrogen-bond donors (Lipinski definition) is 2. The third-order valence-corrected chi connectivity index (χ3v) is 6.36. The smallest absolute Gasteiger partial charge is 0.341 e. The minimum Gasteiger partial charge on any atom is -0.462 e. The molecule has 10 heteroatoms. The maximum Gasteiger partial charge on any atom is 0.341 e. The SMILES string of the molecule is CCOC(=O)c1c(NC(=O)C(C)Sc2nncn2N)sc2c1CCCC2.